The molecule has 0 radical (unpaired) electrons. The van der Waals surface area contributed by atoms with Crippen LogP contribution in [0.15, 0.2) is 133 Å². The Kier molecular flexibility index (Phi) is 4.53. The van der Waals surface area contributed by atoms with Gasteiger partial charge in [-0.3, -0.25) is 0 Å². The average molecular weight is 447 g/mol. The Bertz CT molecular complexity index is 1870. The predicted molar refractivity (Wildman–Crippen MR) is 148 cm³/mol. The van der Waals surface area contributed by atoms with Gasteiger partial charge < -0.3 is 4.74 Å². The average Bonchev–Trinajstić information content (AvgIpc) is 2.92. The van der Waals surface area contributed by atoms with Crippen LogP contribution in [0.5, 0.6) is 11.5 Å². The minimum Gasteiger partial charge on any atom is -0.457 e. The molecule has 0 N–H and O–H groups in total. The van der Waals surface area contributed by atoms with E-state index in [0.29, 0.717) is 0 Å². The van der Waals surface area contributed by atoms with Gasteiger partial charge in [0.05, 0.1) is 0 Å². The second kappa shape index (κ2) is 8.00. The van der Waals surface area contributed by atoms with Gasteiger partial charge in [0, 0.05) is 5.39 Å². The first kappa shape index (κ1) is 19.8. The highest BCUT2D eigenvalue weighted by molar-refractivity contribution is 6.10. The summed E-state index contributed by atoms with van der Waals surface area (Å²) in [6.45, 7) is 0. The molecule has 0 aliphatic heterocycles. The van der Waals surface area contributed by atoms with E-state index in [9.17, 15) is 0 Å². The van der Waals surface area contributed by atoms with Crippen LogP contribution in [0.25, 0.3) is 54.2 Å². The van der Waals surface area contributed by atoms with Crippen molar-refractivity contribution < 1.29 is 4.74 Å². The van der Waals surface area contributed by atoms with E-state index in [-0.39, 0.29) is 0 Å². The molecule has 0 unspecified atom stereocenters. The Labute approximate surface area is 203 Å². The molecular weight excluding hydrogens is 424 g/mol. The van der Waals surface area contributed by atoms with Gasteiger partial charge >= 0.3 is 0 Å². The van der Waals surface area contributed by atoms with Crippen molar-refractivity contribution in [2.24, 2.45) is 0 Å². The van der Waals surface area contributed by atoms with Crippen LogP contribution in [0.3, 0.4) is 0 Å². The zero-order chi connectivity index (χ0) is 23.2. The number of hydrogen-bond donors (Lipinski definition) is 0. The third kappa shape index (κ3) is 3.41. The first-order valence-corrected chi connectivity index (χ1v) is 11.9. The summed E-state index contributed by atoms with van der Waals surface area (Å²) in [5.41, 5.74) is 2.48. The van der Waals surface area contributed by atoms with Crippen LogP contribution in [0.1, 0.15) is 0 Å². The van der Waals surface area contributed by atoms with E-state index in [4.69, 9.17) is 4.74 Å². The zero-order valence-electron chi connectivity index (χ0n) is 19.1. The van der Waals surface area contributed by atoms with Gasteiger partial charge in [0.2, 0.25) is 0 Å². The zero-order valence-corrected chi connectivity index (χ0v) is 19.1. The molecule has 164 valence electrons. The van der Waals surface area contributed by atoms with Gasteiger partial charge in [-0.1, -0.05) is 109 Å². The Morgan fingerprint density at radius 1 is 0.371 bits per heavy atom. The summed E-state index contributed by atoms with van der Waals surface area (Å²) in [6.07, 6.45) is 0. The van der Waals surface area contributed by atoms with Gasteiger partial charge in [-0.05, 0) is 73.1 Å². The lowest BCUT2D eigenvalue weighted by molar-refractivity contribution is 0.489. The first-order chi connectivity index (χ1) is 17.3. The van der Waals surface area contributed by atoms with Crippen molar-refractivity contribution in [3.05, 3.63) is 133 Å². The second-order valence-electron chi connectivity index (χ2n) is 8.99. The van der Waals surface area contributed by atoms with Crippen LogP contribution in [-0.2, 0) is 0 Å². The highest BCUT2D eigenvalue weighted by Crippen LogP contribution is 2.36. The number of rotatable bonds is 3. The second-order valence-corrected chi connectivity index (χ2v) is 8.99. The fourth-order valence-electron chi connectivity index (χ4n) is 5.15. The molecule has 7 aromatic rings. The van der Waals surface area contributed by atoms with Crippen LogP contribution in [0, 0.1) is 0 Å². The highest BCUT2D eigenvalue weighted by Gasteiger charge is 2.09. The molecule has 7 aromatic carbocycles. The standard InChI is InChI=1S/C34H22O/c1-3-11-29-23(7-1)9-5-13-30(29)27-18-17-25-15-16-26-19-20-28(22-33(26)32(25)21-27)35-34-14-6-10-24-8-2-4-12-31(24)34/h1-22H. The molecular formula is C34H22O. The van der Waals surface area contributed by atoms with Crippen molar-refractivity contribution >= 4 is 43.1 Å². The highest BCUT2D eigenvalue weighted by atomic mass is 16.5. The van der Waals surface area contributed by atoms with Gasteiger partial charge in [-0.25, -0.2) is 0 Å². The minimum atomic E-state index is 0.844. The Morgan fingerprint density at radius 3 is 1.77 bits per heavy atom. The lowest BCUT2D eigenvalue weighted by Crippen LogP contribution is -1.87. The van der Waals surface area contributed by atoms with Crippen molar-refractivity contribution in [3.63, 3.8) is 0 Å². The van der Waals surface area contributed by atoms with Crippen LogP contribution in [0.2, 0.25) is 0 Å². The van der Waals surface area contributed by atoms with Gasteiger partial charge in [0.1, 0.15) is 11.5 Å². The van der Waals surface area contributed by atoms with Crippen molar-refractivity contribution in [1.82, 2.24) is 0 Å². The SMILES string of the molecule is c1ccc2c(Oc3ccc4ccc5ccc(-c6cccc7ccccc67)cc5c4c3)cccc2c1. The molecule has 0 heterocycles. The molecule has 0 saturated heterocycles. The summed E-state index contributed by atoms with van der Waals surface area (Å²) >= 11 is 0. The number of benzene rings is 7. The molecule has 0 saturated carbocycles. The van der Waals surface area contributed by atoms with Crippen LogP contribution >= 0.6 is 0 Å². The van der Waals surface area contributed by atoms with E-state index < -0.39 is 0 Å². The fourth-order valence-corrected chi connectivity index (χ4v) is 5.15. The molecule has 0 bridgehead atoms. The predicted octanol–water partition coefficient (Wildman–Crippen LogP) is 9.76. The molecule has 7 rings (SSSR count). The maximum Gasteiger partial charge on any atom is 0.135 e. The van der Waals surface area contributed by atoms with E-state index in [2.05, 4.69) is 121 Å². The Hall–Kier alpha value is -4.62. The normalized spacial score (nSPS) is 11.4. The molecule has 1 heteroatoms. The van der Waals surface area contributed by atoms with Crippen LogP contribution in [0.4, 0.5) is 0 Å². The first-order valence-electron chi connectivity index (χ1n) is 11.9. The quantitative estimate of drug-likeness (QED) is 0.245. The van der Waals surface area contributed by atoms with Gasteiger partial charge in [0.15, 0.2) is 0 Å². The molecule has 0 atom stereocenters. The number of fused-ring (bicyclic) bond motifs is 5. The van der Waals surface area contributed by atoms with E-state index in [0.717, 1.165) is 16.9 Å². The topological polar surface area (TPSA) is 9.23 Å². The van der Waals surface area contributed by atoms with E-state index in [1.54, 1.807) is 0 Å². The molecule has 0 aliphatic rings. The van der Waals surface area contributed by atoms with Crippen LogP contribution in [-0.4, -0.2) is 0 Å². The van der Waals surface area contributed by atoms with Crippen molar-refractivity contribution in [1.29, 1.82) is 0 Å². The lowest BCUT2D eigenvalue weighted by atomic mass is 9.94. The van der Waals surface area contributed by atoms with E-state index in [1.165, 1.54) is 48.8 Å². The summed E-state index contributed by atoms with van der Waals surface area (Å²) in [5.74, 6) is 1.72. The van der Waals surface area contributed by atoms with Gasteiger partial charge in [0.25, 0.3) is 0 Å². The van der Waals surface area contributed by atoms with E-state index in [1.807, 2.05) is 12.1 Å². The monoisotopic (exact) mass is 446 g/mol. The molecule has 0 aliphatic carbocycles. The van der Waals surface area contributed by atoms with Gasteiger partial charge in [-0.2, -0.15) is 0 Å². The maximum absolute atomic E-state index is 6.42. The molecule has 0 fully saturated rings. The van der Waals surface area contributed by atoms with Crippen molar-refractivity contribution in [3.8, 4) is 22.6 Å². The van der Waals surface area contributed by atoms with Crippen molar-refractivity contribution in [2.45, 2.75) is 0 Å². The molecule has 1 nitrogen and oxygen atoms in total. The maximum atomic E-state index is 6.42. The van der Waals surface area contributed by atoms with Crippen LogP contribution < -0.4 is 4.74 Å². The summed E-state index contributed by atoms with van der Waals surface area (Å²) in [5, 5.41) is 9.69. The lowest BCUT2D eigenvalue weighted by Gasteiger charge is -2.12. The Morgan fingerprint density at radius 2 is 0.943 bits per heavy atom. The third-order valence-corrected chi connectivity index (χ3v) is 6.89. The summed E-state index contributed by atoms with van der Waals surface area (Å²) < 4.78 is 6.42. The van der Waals surface area contributed by atoms with Gasteiger partial charge in [-0.15, -0.1) is 0 Å². The fraction of sp³-hybridized carbons (Fsp3) is 0. The number of hydrogen-bond acceptors (Lipinski definition) is 1. The van der Waals surface area contributed by atoms with E-state index >= 15 is 0 Å². The van der Waals surface area contributed by atoms with Crippen molar-refractivity contribution in [2.75, 3.05) is 0 Å². The summed E-state index contributed by atoms with van der Waals surface area (Å²) in [7, 11) is 0. The molecule has 35 heavy (non-hydrogen) atoms. The molecule has 0 amide bonds. The molecule has 0 spiro atoms. The Balaban J connectivity index is 1.39. The minimum absolute atomic E-state index is 0.844. The number of ether oxygens (including phenoxy) is 1. The molecule has 0 aromatic heterocycles. The largest absolute Gasteiger partial charge is 0.457 e. The smallest absolute Gasteiger partial charge is 0.135 e. The summed E-state index contributed by atoms with van der Waals surface area (Å²) in [6, 6.07) is 47.2. The third-order valence-electron chi connectivity index (χ3n) is 6.89. The summed E-state index contributed by atoms with van der Waals surface area (Å²) in [4.78, 5) is 0.